The van der Waals surface area contributed by atoms with Crippen LogP contribution in [0.5, 0.6) is 5.75 Å². The fourth-order valence-electron chi connectivity index (χ4n) is 2.27. The first-order valence-electron chi connectivity index (χ1n) is 7.76. The van der Waals surface area contributed by atoms with Crippen molar-refractivity contribution < 1.29 is 27.1 Å². The van der Waals surface area contributed by atoms with Crippen molar-refractivity contribution >= 4 is 11.6 Å². The minimum atomic E-state index is -3.01. The van der Waals surface area contributed by atoms with Gasteiger partial charge in [-0.3, -0.25) is 9.69 Å². The topological polar surface area (TPSA) is 41.6 Å². The number of nitrogens with one attached hydrogen (secondary N) is 1. The molecule has 0 aliphatic rings. The van der Waals surface area contributed by atoms with Gasteiger partial charge in [0.1, 0.15) is 5.75 Å². The van der Waals surface area contributed by atoms with Gasteiger partial charge in [0.2, 0.25) is 5.91 Å². The molecule has 0 fully saturated rings. The predicted octanol–water partition coefficient (Wildman–Crippen LogP) is 4.03. The minimum Gasteiger partial charge on any atom is -0.433 e. The summed E-state index contributed by atoms with van der Waals surface area (Å²) in [6.07, 6.45) is 0. The lowest BCUT2D eigenvalue weighted by Gasteiger charge is -2.24. The summed E-state index contributed by atoms with van der Waals surface area (Å²) in [5.74, 6) is -2.52. The van der Waals surface area contributed by atoms with Crippen LogP contribution in [0.15, 0.2) is 42.5 Å². The van der Waals surface area contributed by atoms with Gasteiger partial charge in [-0.2, -0.15) is 8.78 Å². The zero-order valence-corrected chi connectivity index (χ0v) is 14.2. The molecular weight excluding hydrogens is 352 g/mol. The van der Waals surface area contributed by atoms with Crippen LogP contribution >= 0.6 is 0 Å². The van der Waals surface area contributed by atoms with Gasteiger partial charge in [0.25, 0.3) is 0 Å². The van der Waals surface area contributed by atoms with Crippen molar-refractivity contribution in [1.82, 2.24) is 4.90 Å². The number of likely N-dealkylation sites (N-methyl/N-ethyl adjacent to an activating group) is 1. The molecule has 0 spiro atoms. The summed E-state index contributed by atoms with van der Waals surface area (Å²) in [6, 6.07) is 8.67. The van der Waals surface area contributed by atoms with E-state index in [0.717, 1.165) is 12.1 Å². The summed E-state index contributed by atoms with van der Waals surface area (Å²) in [4.78, 5) is 14.0. The molecule has 0 aliphatic heterocycles. The minimum absolute atomic E-state index is 0.117. The summed E-state index contributed by atoms with van der Waals surface area (Å²) in [7, 11) is 1.63. The van der Waals surface area contributed by atoms with Crippen LogP contribution in [-0.4, -0.2) is 30.5 Å². The number of ether oxygens (including phenoxy) is 1. The number of carbonyl (C=O) groups is 1. The summed E-state index contributed by atoms with van der Waals surface area (Å²) >= 11 is 0. The maximum absolute atomic E-state index is 13.3. The molecule has 0 bridgehead atoms. The molecule has 0 saturated heterocycles. The smallest absolute Gasteiger partial charge is 0.387 e. The standard InChI is InChI=1S/C18H18F4N2O2/c1-11(24(2)10-12-7-8-13(19)14(20)9-12)17(25)23-15-5-3-4-6-16(15)26-18(21)22/h3-9,11,18H,10H2,1-2H3,(H,23,25). The number of alkyl halides is 2. The zero-order chi connectivity index (χ0) is 19.3. The molecule has 0 saturated carbocycles. The second kappa shape index (κ2) is 8.66. The van der Waals surface area contributed by atoms with Crippen LogP contribution < -0.4 is 10.1 Å². The first kappa shape index (κ1) is 19.7. The van der Waals surface area contributed by atoms with Crippen molar-refractivity contribution in [2.75, 3.05) is 12.4 Å². The summed E-state index contributed by atoms with van der Waals surface area (Å²) in [5, 5.41) is 2.53. The maximum Gasteiger partial charge on any atom is 0.387 e. The first-order valence-corrected chi connectivity index (χ1v) is 7.76. The van der Waals surface area contributed by atoms with Crippen LogP contribution in [0.2, 0.25) is 0 Å². The number of hydrogen-bond acceptors (Lipinski definition) is 3. The van der Waals surface area contributed by atoms with E-state index in [9.17, 15) is 22.4 Å². The average Bonchev–Trinajstić information content (AvgIpc) is 2.58. The van der Waals surface area contributed by atoms with Gasteiger partial charge < -0.3 is 10.1 Å². The van der Waals surface area contributed by atoms with Crippen LogP contribution in [0.4, 0.5) is 23.2 Å². The third-order valence-electron chi connectivity index (χ3n) is 3.82. The Kier molecular flexibility index (Phi) is 6.57. The number of hydrogen-bond donors (Lipinski definition) is 1. The van der Waals surface area contributed by atoms with Crippen LogP contribution in [0.1, 0.15) is 12.5 Å². The Morgan fingerprint density at radius 2 is 1.85 bits per heavy atom. The largest absolute Gasteiger partial charge is 0.433 e. The Labute approximate surface area is 148 Å². The summed E-state index contributed by atoms with van der Waals surface area (Å²) < 4.78 is 55.5. The number of para-hydroxylation sites is 2. The molecule has 0 aliphatic carbocycles. The van der Waals surface area contributed by atoms with Crippen LogP contribution in [0.25, 0.3) is 0 Å². The average molecular weight is 370 g/mol. The Bertz CT molecular complexity index is 771. The number of amides is 1. The molecule has 1 N–H and O–H groups in total. The van der Waals surface area contributed by atoms with E-state index < -0.39 is 30.2 Å². The number of anilines is 1. The van der Waals surface area contributed by atoms with Crippen molar-refractivity contribution in [2.24, 2.45) is 0 Å². The van der Waals surface area contributed by atoms with Crippen molar-refractivity contribution in [2.45, 2.75) is 26.1 Å². The Morgan fingerprint density at radius 1 is 1.15 bits per heavy atom. The number of rotatable bonds is 7. The lowest BCUT2D eigenvalue weighted by atomic mass is 10.1. The van der Waals surface area contributed by atoms with Gasteiger partial charge in [0.15, 0.2) is 11.6 Å². The van der Waals surface area contributed by atoms with E-state index in [1.165, 1.54) is 24.3 Å². The van der Waals surface area contributed by atoms with E-state index in [-0.39, 0.29) is 18.0 Å². The maximum atomic E-state index is 13.3. The monoisotopic (exact) mass is 370 g/mol. The van der Waals surface area contributed by atoms with Crippen molar-refractivity contribution in [3.63, 3.8) is 0 Å². The van der Waals surface area contributed by atoms with Gasteiger partial charge >= 0.3 is 6.61 Å². The summed E-state index contributed by atoms with van der Waals surface area (Å²) in [6.45, 7) is -1.21. The van der Waals surface area contributed by atoms with Gasteiger partial charge in [-0.25, -0.2) is 8.78 Å². The molecule has 2 aromatic rings. The second-order valence-electron chi connectivity index (χ2n) is 5.70. The molecule has 4 nitrogen and oxygen atoms in total. The van der Waals surface area contributed by atoms with Crippen molar-refractivity contribution in [3.05, 3.63) is 59.7 Å². The molecule has 1 atom stereocenters. The SMILES string of the molecule is CC(C(=O)Nc1ccccc1OC(F)F)N(C)Cc1ccc(F)c(F)c1. The molecule has 0 heterocycles. The lowest BCUT2D eigenvalue weighted by Crippen LogP contribution is -2.39. The molecule has 1 unspecified atom stereocenters. The van der Waals surface area contributed by atoms with Gasteiger partial charge in [-0.15, -0.1) is 0 Å². The number of carbonyl (C=O) groups excluding carboxylic acids is 1. The molecule has 2 aromatic carbocycles. The molecule has 1 amide bonds. The fraction of sp³-hybridized carbons (Fsp3) is 0.278. The number of nitrogens with zero attached hydrogens (tertiary/aromatic N) is 1. The highest BCUT2D eigenvalue weighted by Crippen LogP contribution is 2.26. The van der Waals surface area contributed by atoms with Crippen molar-refractivity contribution in [1.29, 1.82) is 0 Å². The lowest BCUT2D eigenvalue weighted by molar-refractivity contribution is -0.120. The molecule has 2 rings (SSSR count). The zero-order valence-electron chi connectivity index (χ0n) is 14.2. The van der Waals surface area contributed by atoms with Gasteiger partial charge in [0.05, 0.1) is 11.7 Å². The highest BCUT2D eigenvalue weighted by atomic mass is 19.3. The Balaban J connectivity index is 2.03. The van der Waals surface area contributed by atoms with E-state index >= 15 is 0 Å². The molecule has 0 radical (unpaired) electrons. The Morgan fingerprint density at radius 3 is 2.50 bits per heavy atom. The van der Waals surface area contributed by atoms with E-state index in [1.807, 2.05) is 0 Å². The molecule has 26 heavy (non-hydrogen) atoms. The third-order valence-corrected chi connectivity index (χ3v) is 3.82. The van der Waals surface area contributed by atoms with Crippen LogP contribution in [0, 0.1) is 11.6 Å². The van der Waals surface area contributed by atoms with Gasteiger partial charge in [-0.05, 0) is 43.8 Å². The normalized spacial score (nSPS) is 12.3. The third kappa shape index (κ3) is 5.19. The first-order chi connectivity index (χ1) is 12.3. The Hall–Kier alpha value is -2.61. The van der Waals surface area contributed by atoms with Crippen LogP contribution in [0.3, 0.4) is 0 Å². The van der Waals surface area contributed by atoms with Crippen molar-refractivity contribution in [3.8, 4) is 5.75 Å². The van der Waals surface area contributed by atoms with Gasteiger partial charge in [-0.1, -0.05) is 18.2 Å². The second-order valence-corrected chi connectivity index (χ2v) is 5.70. The van der Waals surface area contributed by atoms with E-state index in [4.69, 9.17) is 0 Å². The van der Waals surface area contributed by atoms with Crippen LogP contribution in [-0.2, 0) is 11.3 Å². The molecular formula is C18H18F4N2O2. The number of benzene rings is 2. The highest BCUT2D eigenvalue weighted by molar-refractivity contribution is 5.95. The predicted molar refractivity (Wildman–Crippen MR) is 89.0 cm³/mol. The van der Waals surface area contributed by atoms with E-state index in [1.54, 1.807) is 24.9 Å². The summed E-state index contributed by atoms with van der Waals surface area (Å²) in [5.41, 5.74) is 0.610. The highest BCUT2D eigenvalue weighted by Gasteiger charge is 2.20. The molecule has 8 heteroatoms. The number of halogens is 4. The molecule has 140 valence electrons. The van der Waals surface area contributed by atoms with E-state index in [0.29, 0.717) is 5.56 Å². The van der Waals surface area contributed by atoms with E-state index in [2.05, 4.69) is 10.1 Å². The molecule has 0 aromatic heterocycles. The van der Waals surface area contributed by atoms with Gasteiger partial charge in [0, 0.05) is 6.54 Å². The fourth-order valence-corrected chi connectivity index (χ4v) is 2.27. The quantitative estimate of drug-likeness (QED) is 0.749.